The van der Waals surface area contributed by atoms with Crippen LogP contribution in [0.3, 0.4) is 0 Å². The van der Waals surface area contributed by atoms with Gasteiger partial charge in [-0.1, -0.05) is 59.8 Å². The number of ether oxygens (including phenoxy) is 2. The van der Waals surface area contributed by atoms with Crippen molar-refractivity contribution in [2.75, 3.05) is 19.8 Å². The molecular formula is C20H18ClNO3S2. The van der Waals surface area contributed by atoms with Gasteiger partial charge in [0.2, 0.25) is 0 Å². The monoisotopic (exact) mass is 419 g/mol. The van der Waals surface area contributed by atoms with Crippen LogP contribution in [0.25, 0.3) is 6.08 Å². The predicted molar refractivity (Wildman–Crippen MR) is 114 cm³/mol. The summed E-state index contributed by atoms with van der Waals surface area (Å²) in [6.45, 7) is 3.25. The maximum atomic E-state index is 12.3. The molecule has 7 heteroatoms. The normalized spacial score (nSPS) is 15.5. The highest BCUT2D eigenvalue weighted by atomic mass is 35.5. The fraction of sp³-hybridized carbons (Fsp3) is 0.200. The van der Waals surface area contributed by atoms with Crippen LogP contribution in [-0.2, 0) is 4.79 Å². The van der Waals surface area contributed by atoms with Crippen LogP contribution < -0.4 is 9.47 Å². The van der Waals surface area contributed by atoms with Crippen LogP contribution in [0.15, 0.2) is 53.4 Å². The zero-order valence-electron chi connectivity index (χ0n) is 14.7. The Morgan fingerprint density at radius 3 is 2.67 bits per heavy atom. The van der Waals surface area contributed by atoms with Crippen molar-refractivity contribution in [2.24, 2.45) is 0 Å². The summed E-state index contributed by atoms with van der Waals surface area (Å²) in [5.41, 5.74) is 0.885. The molecule has 2 aromatic carbocycles. The molecule has 0 saturated carbocycles. The molecule has 2 aromatic rings. The van der Waals surface area contributed by atoms with Crippen molar-refractivity contribution in [3.63, 3.8) is 0 Å². The van der Waals surface area contributed by atoms with Crippen LogP contribution in [0.1, 0.15) is 12.5 Å². The molecule has 0 aliphatic carbocycles. The Bertz CT molecular complexity index is 885. The maximum Gasteiger partial charge on any atom is 0.266 e. The molecule has 4 nitrogen and oxygen atoms in total. The number of likely N-dealkylation sites (N-methyl/N-ethyl adjacent to an activating group) is 1. The van der Waals surface area contributed by atoms with Gasteiger partial charge in [0.05, 0.1) is 9.93 Å². The fourth-order valence-electron chi connectivity index (χ4n) is 2.49. The van der Waals surface area contributed by atoms with Gasteiger partial charge in [-0.25, -0.2) is 0 Å². The van der Waals surface area contributed by atoms with E-state index in [2.05, 4.69) is 0 Å². The average Bonchev–Trinajstić information content (AvgIpc) is 2.93. The van der Waals surface area contributed by atoms with Crippen molar-refractivity contribution < 1.29 is 14.3 Å². The molecule has 1 aliphatic heterocycles. The van der Waals surface area contributed by atoms with Gasteiger partial charge in [-0.2, -0.15) is 0 Å². The number of rotatable bonds is 7. The minimum absolute atomic E-state index is 0.0491. The molecule has 0 bridgehead atoms. The van der Waals surface area contributed by atoms with E-state index in [1.807, 2.05) is 55.5 Å². The zero-order valence-corrected chi connectivity index (χ0v) is 17.1. The molecule has 0 spiro atoms. The van der Waals surface area contributed by atoms with Gasteiger partial charge in [0, 0.05) is 6.54 Å². The molecule has 0 radical (unpaired) electrons. The lowest BCUT2D eigenvalue weighted by Crippen LogP contribution is -2.27. The van der Waals surface area contributed by atoms with Gasteiger partial charge in [-0.3, -0.25) is 9.69 Å². The van der Waals surface area contributed by atoms with E-state index in [4.69, 9.17) is 33.3 Å². The van der Waals surface area contributed by atoms with Crippen LogP contribution in [0, 0.1) is 0 Å². The molecule has 140 valence electrons. The first kappa shape index (κ1) is 19.7. The molecule has 3 rings (SSSR count). The Morgan fingerprint density at radius 2 is 1.93 bits per heavy atom. The first-order valence-corrected chi connectivity index (χ1v) is 10.0. The zero-order chi connectivity index (χ0) is 19.2. The van der Waals surface area contributed by atoms with Crippen molar-refractivity contribution in [2.45, 2.75) is 6.92 Å². The highest BCUT2D eigenvalue weighted by Crippen LogP contribution is 2.32. The van der Waals surface area contributed by atoms with Crippen LogP contribution in [-0.4, -0.2) is 34.9 Å². The summed E-state index contributed by atoms with van der Waals surface area (Å²) < 4.78 is 11.9. The maximum absolute atomic E-state index is 12.3. The predicted octanol–water partition coefficient (Wildman–Crippen LogP) is 5.02. The molecular weight excluding hydrogens is 402 g/mol. The molecule has 1 heterocycles. The minimum Gasteiger partial charge on any atom is -0.490 e. The second kappa shape index (κ2) is 9.26. The molecule has 0 atom stereocenters. The molecule has 0 N–H and O–H groups in total. The fourth-order valence-corrected chi connectivity index (χ4v) is 4.07. The van der Waals surface area contributed by atoms with Gasteiger partial charge >= 0.3 is 0 Å². The number of benzene rings is 2. The van der Waals surface area contributed by atoms with E-state index < -0.39 is 0 Å². The number of amides is 1. The quantitative estimate of drug-likeness (QED) is 0.358. The number of carbonyl (C=O) groups is 1. The summed E-state index contributed by atoms with van der Waals surface area (Å²) in [4.78, 5) is 14.5. The molecule has 1 saturated heterocycles. The highest BCUT2D eigenvalue weighted by Gasteiger charge is 2.30. The standard InChI is InChI=1S/C20H18ClNO3S2/c1-2-22-19(23)18(27-20(22)26)13-14-6-5-7-15(12-14)24-10-11-25-17-9-4-3-8-16(17)21/h3-9,12-13H,2,10-11H2,1H3. The second-order valence-corrected chi connectivity index (χ2v) is 7.71. The molecule has 1 aliphatic rings. The third-order valence-electron chi connectivity index (χ3n) is 3.79. The third-order valence-corrected chi connectivity index (χ3v) is 5.48. The summed E-state index contributed by atoms with van der Waals surface area (Å²) in [5, 5.41) is 0.573. The lowest BCUT2D eigenvalue weighted by molar-refractivity contribution is -0.121. The molecule has 0 aromatic heterocycles. The lowest BCUT2D eigenvalue weighted by atomic mass is 10.2. The molecule has 27 heavy (non-hydrogen) atoms. The molecule has 1 fully saturated rings. The first-order chi connectivity index (χ1) is 13.1. The highest BCUT2D eigenvalue weighted by molar-refractivity contribution is 8.26. The van der Waals surface area contributed by atoms with E-state index in [1.165, 1.54) is 11.8 Å². The molecule has 1 amide bonds. The smallest absolute Gasteiger partial charge is 0.266 e. The van der Waals surface area contributed by atoms with Gasteiger partial charge in [0.1, 0.15) is 29.0 Å². The van der Waals surface area contributed by atoms with Crippen molar-refractivity contribution in [3.8, 4) is 11.5 Å². The van der Waals surface area contributed by atoms with Crippen molar-refractivity contribution in [1.82, 2.24) is 4.90 Å². The van der Waals surface area contributed by atoms with Crippen LogP contribution in [0.4, 0.5) is 0 Å². The Labute approximate surface area is 173 Å². The SMILES string of the molecule is CCN1C(=O)C(=Cc2cccc(OCCOc3ccccc3Cl)c2)SC1=S. The summed E-state index contributed by atoms with van der Waals surface area (Å²) in [6.07, 6.45) is 1.84. The molecule has 0 unspecified atom stereocenters. The van der Waals surface area contributed by atoms with Gasteiger partial charge in [0.25, 0.3) is 5.91 Å². The Kier molecular flexibility index (Phi) is 6.77. The van der Waals surface area contributed by atoms with E-state index >= 15 is 0 Å². The van der Waals surface area contributed by atoms with Crippen LogP contribution in [0.2, 0.25) is 5.02 Å². The lowest BCUT2D eigenvalue weighted by Gasteiger charge is -2.10. The topological polar surface area (TPSA) is 38.8 Å². The van der Waals surface area contributed by atoms with E-state index in [1.54, 1.807) is 11.0 Å². The number of hydrogen-bond acceptors (Lipinski definition) is 5. The number of para-hydroxylation sites is 1. The van der Waals surface area contributed by atoms with Gasteiger partial charge in [-0.05, 0) is 42.8 Å². The van der Waals surface area contributed by atoms with Crippen LogP contribution in [0.5, 0.6) is 11.5 Å². The van der Waals surface area contributed by atoms with Crippen molar-refractivity contribution >= 4 is 51.9 Å². The van der Waals surface area contributed by atoms with Crippen LogP contribution >= 0.6 is 35.6 Å². The van der Waals surface area contributed by atoms with E-state index in [0.29, 0.717) is 45.5 Å². The summed E-state index contributed by atoms with van der Waals surface area (Å²) in [7, 11) is 0. The Balaban J connectivity index is 1.58. The number of thioether (sulfide) groups is 1. The first-order valence-electron chi connectivity index (χ1n) is 8.44. The summed E-state index contributed by atoms with van der Waals surface area (Å²) in [6, 6.07) is 14.9. The van der Waals surface area contributed by atoms with Gasteiger partial charge in [0.15, 0.2) is 0 Å². The van der Waals surface area contributed by atoms with E-state index in [9.17, 15) is 4.79 Å². The number of nitrogens with zero attached hydrogens (tertiary/aromatic N) is 1. The van der Waals surface area contributed by atoms with E-state index in [-0.39, 0.29) is 5.91 Å². The number of halogens is 1. The Hall–Kier alpha value is -2.02. The van der Waals surface area contributed by atoms with Gasteiger partial charge in [-0.15, -0.1) is 0 Å². The largest absolute Gasteiger partial charge is 0.490 e. The second-order valence-electron chi connectivity index (χ2n) is 5.63. The van der Waals surface area contributed by atoms with Gasteiger partial charge < -0.3 is 9.47 Å². The number of carbonyl (C=O) groups excluding carboxylic acids is 1. The summed E-state index contributed by atoms with van der Waals surface area (Å²) in [5.74, 6) is 1.29. The number of thiocarbonyl (C=S) groups is 1. The Morgan fingerprint density at radius 1 is 1.15 bits per heavy atom. The average molecular weight is 420 g/mol. The number of hydrogen-bond donors (Lipinski definition) is 0. The third kappa shape index (κ3) is 5.03. The van der Waals surface area contributed by atoms with Crippen molar-refractivity contribution in [1.29, 1.82) is 0 Å². The summed E-state index contributed by atoms with van der Waals surface area (Å²) >= 11 is 12.6. The minimum atomic E-state index is -0.0491. The van der Waals surface area contributed by atoms with Crippen molar-refractivity contribution in [3.05, 3.63) is 64.0 Å². The van der Waals surface area contributed by atoms with E-state index in [0.717, 1.165) is 5.56 Å².